The van der Waals surface area contributed by atoms with E-state index < -0.39 is 11.9 Å². The highest BCUT2D eigenvalue weighted by Crippen LogP contribution is 2.26. The number of carbonyl (C=O) groups is 2. The van der Waals surface area contributed by atoms with Crippen molar-refractivity contribution in [2.24, 2.45) is 0 Å². The number of hydrogen-bond acceptors (Lipinski definition) is 6. The number of benzene rings is 5. The number of hydrogen-bond donors (Lipinski definition) is 4. The zero-order valence-electron chi connectivity index (χ0n) is 24.2. The van der Waals surface area contributed by atoms with Gasteiger partial charge in [-0.15, -0.1) is 0 Å². The van der Waals surface area contributed by atoms with Gasteiger partial charge in [0.05, 0.1) is 33.2 Å². The Morgan fingerprint density at radius 1 is 0.565 bits per heavy atom. The molecule has 0 fully saturated rings. The number of imidazole rings is 2. The van der Waals surface area contributed by atoms with Gasteiger partial charge in [-0.05, 0) is 96.1 Å². The van der Waals surface area contributed by atoms with Crippen molar-refractivity contribution in [3.05, 3.63) is 131 Å². The highest BCUT2D eigenvalue weighted by Gasteiger charge is 2.12. The predicted molar refractivity (Wildman–Crippen MR) is 172 cm³/mol. The maximum absolute atomic E-state index is 11.3. The van der Waals surface area contributed by atoms with Crippen molar-refractivity contribution >= 4 is 34.0 Å². The minimum Gasteiger partial charge on any atom is -0.489 e. The van der Waals surface area contributed by atoms with Gasteiger partial charge in [-0.2, -0.15) is 0 Å². The molecule has 0 unspecified atom stereocenters. The second-order valence-electron chi connectivity index (χ2n) is 10.6. The summed E-state index contributed by atoms with van der Waals surface area (Å²) < 4.78 is 12.2. The average molecular weight is 611 g/mol. The summed E-state index contributed by atoms with van der Waals surface area (Å²) in [6.45, 7) is 0.714. The number of aromatic nitrogens is 4. The Morgan fingerprint density at radius 2 is 0.978 bits per heavy atom. The number of aromatic amines is 2. The maximum atomic E-state index is 11.3. The molecule has 0 spiro atoms. The largest absolute Gasteiger partial charge is 0.489 e. The Hall–Kier alpha value is -6.42. The SMILES string of the molecule is O=C(O)c1ccc2nc(-c3ccc(OCc4ccccc4COc4ccc(-c5nc6ccc(C(=O)O)cc6[nH]5)cc4)cc3)[nH]c2c1. The third kappa shape index (κ3) is 5.87. The Kier molecular flexibility index (Phi) is 7.35. The molecule has 4 N–H and O–H groups in total. The molecule has 0 aliphatic heterocycles. The van der Waals surface area contributed by atoms with Crippen LogP contribution in [0.4, 0.5) is 0 Å². The van der Waals surface area contributed by atoms with Crippen LogP contribution >= 0.6 is 0 Å². The van der Waals surface area contributed by atoms with Gasteiger partial charge in [0.1, 0.15) is 36.4 Å². The van der Waals surface area contributed by atoms with Crippen LogP contribution in [0.3, 0.4) is 0 Å². The molecule has 2 heterocycles. The molecule has 2 aromatic heterocycles. The summed E-state index contributed by atoms with van der Waals surface area (Å²) in [4.78, 5) is 38.1. The number of H-pyrrole nitrogens is 2. The first kappa shape index (κ1) is 28.4. The number of carboxylic acid groups (broad SMARTS) is 2. The third-order valence-corrected chi connectivity index (χ3v) is 7.62. The van der Waals surface area contributed by atoms with Gasteiger partial charge in [0.15, 0.2) is 0 Å². The first-order chi connectivity index (χ1) is 22.4. The normalized spacial score (nSPS) is 11.1. The van der Waals surface area contributed by atoms with Crippen molar-refractivity contribution in [3.63, 3.8) is 0 Å². The van der Waals surface area contributed by atoms with Crippen LogP contribution in [0.2, 0.25) is 0 Å². The third-order valence-electron chi connectivity index (χ3n) is 7.62. The van der Waals surface area contributed by atoms with E-state index in [0.717, 1.165) is 22.3 Å². The predicted octanol–water partition coefficient (Wildman–Crippen LogP) is 7.33. The fourth-order valence-corrected chi connectivity index (χ4v) is 5.14. The Morgan fingerprint density at radius 3 is 1.37 bits per heavy atom. The van der Waals surface area contributed by atoms with Gasteiger partial charge in [-0.1, -0.05) is 24.3 Å². The van der Waals surface area contributed by atoms with Gasteiger partial charge in [-0.25, -0.2) is 19.6 Å². The zero-order chi connectivity index (χ0) is 31.6. The lowest BCUT2D eigenvalue weighted by molar-refractivity contribution is 0.0686. The number of nitrogens with zero attached hydrogens (tertiary/aromatic N) is 2. The van der Waals surface area contributed by atoms with Crippen LogP contribution in [0.15, 0.2) is 109 Å². The fourth-order valence-electron chi connectivity index (χ4n) is 5.14. The van der Waals surface area contributed by atoms with E-state index in [0.29, 0.717) is 58.4 Å². The smallest absolute Gasteiger partial charge is 0.335 e. The molecule has 0 aliphatic carbocycles. The molecule has 0 amide bonds. The quantitative estimate of drug-likeness (QED) is 0.126. The van der Waals surface area contributed by atoms with Gasteiger partial charge in [0.25, 0.3) is 0 Å². The summed E-state index contributed by atoms with van der Waals surface area (Å²) in [7, 11) is 0. The van der Waals surface area contributed by atoms with E-state index in [1.165, 1.54) is 12.1 Å². The second-order valence-corrected chi connectivity index (χ2v) is 10.6. The van der Waals surface area contributed by atoms with Crippen LogP contribution in [0.1, 0.15) is 31.8 Å². The molecule has 10 nitrogen and oxygen atoms in total. The Labute approximate surface area is 261 Å². The first-order valence-electron chi connectivity index (χ1n) is 14.4. The molecule has 7 rings (SSSR count). The molecule has 0 radical (unpaired) electrons. The molecule has 0 saturated heterocycles. The lowest BCUT2D eigenvalue weighted by Crippen LogP contribution is -2.03. The van der Waals surface area contributed by atoms with Gasteiger partial charge in [-0.3, -0.25) is 0 Å². The standard InChI is InChI=1S/C36H26N4O6/c41-35(42)23-9-15-29-31(17-23)39-33(37-29)21-5-11-27(12-6-21)45-19-25-3-1-2-4-26(25)20-46-28-13-7-22(8-14-28)34-38-30-16-10-24(36(43)44)18-32(30)40-34/h1-18H,19-20H2,(H,37,39)(H,38,40)(H,41,42)(H,43,44). The van der Waals surface area contributed by atoms with E-state index in [9.17, 15) is 19.8 Å². The summed E-state index contributed by atoms with van der Waals surface area (Å²) in [5, 5.41) is 18.5. The van der Waals surface area contributed by atoms with Crippen LogP contribution in [-0.4, -0.2) is 42.1 Å². The van der Waals surface area contributed by atoms with E-state index in [4.69, 9.17) is 9.47 Å². The number of ether oxygens (including phenoxy) is 2. The molecular weight excluding hydrogens is 584 g/mol. The second kappa shape index (κ2) is 11.9. The first-order valence-corrected chi connectivity index (χ1v) is 14.4. The van der Waals surface area contributed by atoms with Crippen molar-refractivity contribution < 1.29 is 29.3 Å². The molecule has 0 aliphatic rings. The molecule has 7 aromatic rings. The highest BCUT2D eigenvalue weighted by molar-refractivity contribution is 5.93. The summed E-state index contributed by atoms with van der Waals surface area (Å²) in [6.07, 6.45) is 0. The highest BCUT2D eigenvalue weighted by atomic mass is 16.5. The fraction of sp³-hybridized carbons (Fsp3) is 0.0556. The van der Waals surface area contributed by atoms with Crippen molar-refractivity contribution in [1.29, 1.82) is 0 Å². The van der Waals surface area contributed by atoms with Crippen LogP contribution in [-0.2, 0) is 13.2 Å². The lowest BCUT2D eigenvalue weighted by Gasteiger charge is -2.13. The van der Waals surface area contributed by atoms with Crippen molar-refractivity contribution in [1.82, 2.24) is 19.9 Å². The summed E-state index contributed by atoms with van der Waals surface area (Å²) in [6, 6.07) is 32.7. The van der Waals surface area contributed by atoms with E-state index >= 15 is 0 Å². The minimum atomic E-state index is -0.984. The zero-order valence-corrected chi connectivity index (χ0v) is 24.2. The number of nitrogens with one attached hydrogen (secondary N) is 2. The van der Waals surface area contributed by atoms with E-state index in [1.54, 1.807) is 24.3 Å². The van der Waals surface area contributed by atoms with Crippen LogP contribution in [0.5, 0.6) is 11.5 Å². The van der Waals surface area contributed by atoms with Gasteiger partial charge < -0.3 is 29.7 Å². The van der Waals surface area contributed by atoms with Gasteiger partial charge in [0, 0.05) is 11.1 Å². The number of carboxylic acids is 2. The van der Waals surface area contributed by atoms with Crippen LogP contribution in [0.25, 0.3) is 44.8 Å². The minimum absolute atomic E-state index is 0.203. The molecular formula is C36H26N4O6. The molecule has 0 saturated carbocycles. The molecule has 5 aromatic carbocycles. The monoisotopic (exact) mass is 610 g/mol. The molecule has 46 heavy (non-hydrogen) atoms. The van der Waals surface area contributed by atoms with Gasteiger partial charge in [0.2, 0.25) is 0 Å². The molecule has 0 bridgehead atoms. The van der Waals surface area contributed by atoms with E-state index in [1.807, 2.05) is 72.8 Å². The summed E-state index contributed by atoms with van der Waals surface area (Å²) >= 11 is 0. The van der Waals surface area contributed by atoms with Gasteiger partial charge >= 0.3 is 11.9 Å². The van der Waals surface area contributed by atoms with Crippen molar-refractivity contribution in [2.45, 2.75) is 13.2 Å². The lowest BCUT2D eigenvalue weighted by atomic mass is 10.1. The van der Waals surface area contributed by atoms with Crippen molar-refractivity contribution in [3.8, 4) is 34.3 Å². The van der Waals surface area contributed by atoms with Crippen LogP contribution in [0, 0.1) is 0 Å². The Bertz CT molecular complexity index is 2060. The van der Waals surface area contributed by atoms with E-state index in [-0.39, 0.29) is 11.1 Å². The summed E-state index contributed by atoms with van der Waals surface area (Å²) in [5.41, 5.74) is 6.82. The Balaban J connectivity index is 0.979. The van der Waals surface area contributed by atoms with E-state index in [2.05, 4.69) is 19.9 Å². The summed E-state index contributed by atoms with van der Waals surface area (Å²) in [5.74, 6) is 0.719. The van der Waals surface area contributed by atoms with Crippen LogP contribution < -0.4 is 9.47 Å². The maximum Gasteiger partial charge on any atom is 0.335 e. The topological polar surface area (TPSA) is 150 Å². The number of rotatable bonds is 10. The molecule has 10 heteroatoms. The number of aromatic carboxylic acids is 2. The number of fused-ring (bicyclic) bond motifs is 2. The molecule has 226 valence electrons. The molecule has 0 atom stereocenters. The average Bonchev–Trinajstić information content (AvgIpc) is 3.71. The van der Waals surface area contributed by atoms with Crippen molar-refractivity contribution in [2.75, 3.05) is 0 Å².